The second-order valence-electron chi connectivity index (χ2n) is 2.38. The van der Waals surface area contributed by atoms with Crippen LogP contribution in [0.15, 0.2) is 12.2 Å². The lowest BCUT2D eigenvalue weighted by Gasteiger charge is -2.00. The van der Waals surface area contributed by atoms with E-state index in [1.54, 1.807) is 6.92 Å². The van der Waals surface area contributed by atoms with Crippen molar-refractivity contribution in [2.75, 3.05) is 0 Å². The van der Waals surface area contributed by atoms with Crippen LogP contribution in [0.25, 0.3) is 0 Å². The summed E-state index contributed by atoms with van der Waals surface area (Å²) in [4.78, 5) is 0. The van der Waals surface area contributed by atoms with Gasteiger partial charge >= 0.3 is 6.18 Å². The molecule has 0 nitrogen and oxygen atoms in total. The van der Waals surface area contributed by atoms with Crippen LogP contribution in [-0.4, -0.2) is 6.18 Å². The highest BCUT2D eigenvalue weighted by Crippen LogP contribution is 2.53. The molecule has 0 heterocycles. The third-order valence-corrected chi connectivity index (χ3v) is 1.73. The SMILES string of the molecule is C=C1C(C)C1C(F)(F)F. The minimum Gasteiger partial charge on any atom is -0.170 e. The van der Waals surface area contributed by atoms with Gasteiger partial charge in [-0.25, -0.2) is 0 Å². The zero-order valence-corrected chi connectivity index (χ0v) is 5.00. The number of hydrogen-bond acceptors (Lipinski definition) is 0. The van der Waals surface area contributed by atoms with Crippen molar-refractivity contribution < 1.29 is 13.2 Å². The Morgan fingerprint density at radius 1 is 1.44 bits per heavy atom. The Hall–Kier alpha value is -0.470. The minimum atomic E-state index is -4.05. The summed E-state index contributed by atoms with van der Waals surface area (Å²) in [7, 11) is 0. The Labute approximate surface area is 51.4 Å². The van der Waals surface area contributed by atoms with Crippen LogP contribution in [0.4, 0.5) is 13.2 Å². The molecule has 1 aliphatic carbocycles. The van der Waals surface area contributed by atoms with Crippen molar-refractivity contribution in [3.05, 3.63) is 12.2 Å². The van der Waals surface area contributed by atoms with Gasteiger partial charge in [0.25, 0.3) is 0 Å². The molecule has 0 bridgehead atoms. The molecule has 0 N–H and O–H groups in total. The number of alkyl halides is 3. The van der Waals surface area contributed by atoms with E-state index < -0.39 is 12.1 Å². The summed E-state index contributed by atoms with van der Waals surface area (Å²) in [5, 5.41) is 0. The molecule has 52 valence electrons. The molecule has 0 aromatic carbocycles. The van der Waals surface area contributed by atoms with E-state index in [0.717, 1.165) is 0 Å². The topological polar surface area (TPSA) is 0 Å². The van der Waals surface area contributed by atoms with E-state index in [-0.39, 0.29) is 5.92 Å². The van der Waals surface area contributed by atoms with E-state index in [4.69, 9.17) is 0 Å². The quantitative estimate of drug-likeness (QED) is 0.448. The fraction of sp³-hybridized carbons (Fsp3) is 0.667. The molecule has 0 saturated heterocycles. The molecular weight excluding hydrogens is 129 g/mol. The first kappa shape index (κ1) is 6.65. The van der Waals surface area contributed by atoms with E-state index in [0.29, 0.717) is 5.57 Å². The van der Waals surface area contributed by atoms with Crippen molar-refractivity contribution in [1.29, 1.82) is 0 Å². The molecule has 0 aromatic heterocycles. The highest BCUT2D eigenvalue weighted by atomic mass is 19.4. The molecule has 0 aliphatic heterocycles. The van der Waals surface area contributed by atoms with Gasteiger partial charge < -0.3 is 0 Å². The molecule has 0 aromatic rings. The van der Waals surface area contributed by atoms with E-state index in [1.165, 1.54) is 0 Å². The summed E-state index contributed by atoms with van der Waals surface area (Å²) in [6.45, 7) is 4.82. The molecule has 2 unspecified atom stereocenters. The van der Waals surface area contributed by atoms with E-state index in [9.17, 15) is 13.2 Å². The van der Waals surface area contributed by atoms with Crippen LogP contribution in [0.3, 0.4) is 0 Å². The standard InChI is InChI=1S/C6H7F3/c1-3-4(2)5(3)6(7,8)9/h4-5H,1H2,2H3. The van der Waals surface area contributed by atoms with Crippen LogP contribution in [0.2, 0.25) is 0 Å². The molecular formula is C6H7F3. The van der Waals surface area contributed by atoms with E-state index >= 15 is 0 Å². The molecule has 9 heavy (non-hydrogen) atoms. The van der Waals surface area contributed by atoms with E-state index in [1.807, 2.05) is 0 Å². The third kappa shape index (κ3) is 0.955. The van der Waals surface area contributed by atoms with Crippen LogP contribution in [-0.2, 0) is 0 Å². The van der Waals surface area contributed by atoms with Crippen molar-refractivity contribution in [2.45, 2.75) is 13.1 Å². The first-order chi connectivity index (χ1) is 3.94. The summed E-state index contributed by atoms with van der Waals surface area (Å²) < 4.78 is 35.0. The van der Waals surface area contributed by atoms with Gasteiger partial charge in [0, 0.05) is 0 Å². The molecule has 0 radical (unpaired) electrons. The first-order valence-electron chi connectivity index (χ1n) is 2.70. The second kappa shape index (κ2) is 1.52. The average molecular weight is 136 g/mol. The van der Waals surface area contributed by atoms with Crippen LogP contribution < -0.4 is 0 Å². The molecule has 2 atom stereocenters. The Kier molecular flexibility index (Phi) is 1.12. The van der Waals surface area contributed by atoms with Gasteiger partial charge in [0.15, 0.2) is 0 Å². The normalized spacial score (nSPS) is 34.9. The van der Waals surface area contributed by atoms with Crippen LogP contribution >= 0.6 is 0 Å². The highest BCUT2D eigenvalue weighted by Gasteiger charge is 2.56. The predicted octanol–water partition coefficient (Wildman–Crippen LogP) is 2.37. The fourth-order valence-corrected chi connectivity index (χ4v) is 0.957. The Morgan fingerprint density at radius 2 is 1.78 bits per heavy atom. The summed E-state index contributed by atoms with van der Waals surface area (Å²) >= 11 is 0. The lowest BCUT2D eigenvalue weighted by Crippen LogP contribution is -2.11. The molecule has 0 spiro atoms. The van der Waals surface area contributed by atoms with Crippen LogP contribution in [0, 0.1) is 11.8 Å². The average Bonchev–Trinajstić information content (AvgIpc) is 2.11. The van der Waals surface area contributed by atoms with Crippen molar-refractivity contribution in [3.63, 3.8) is 0 Å². The lowest BCUT2D eigenvalue weighted by atomic mass is 10.3. The van der Waals surface area contributed by atoms with Gasteiger partial charge in [0.05, 0.1) is 5.92 Å². The zero-order chi connectivity index (χ0) is 7.23. The maximum atomic E-state index is 11.7. The number of rotatable bonds is 0. The van der Waals surface area contributed by atoms with Gasteiger partial charge in [0.1, 0.15) is 0 Å². The molecule has 3 heteroatoms. The molecule has 1 aliphatic rings. The second-order valence-corrected chi connectivity index (χ2v) is 2.38. The zero-order valence-electron chi connectivity index (χ0n) is 5.00. The lowest BCUT2D eigenvalue weighted by molar-refractivity contribution is -0.147. The number of hydrogen-bond donors (Lipinski definition) is 0. The predicted molar refractivity (Wildman–Crippen MR) is 27.8 cm³/mol. The van der Waals surface area contributed by atoms with Crippen molar-refractivity contribution >= 4 is 0 Å². The summed E-state index contributed by atoms with van der Waals surface area (Å²) in [6, 6.07) is 0. The minimum absolute atomic E-state index is 0.322. The smallest absolute Gasteiger partial charge is 0.170 e. The Bertz CT molecular complexity index is 145. The molecule has 1 saturated carbocycles. The maximum absolute atomic E-state index is 11.7. The summed E-state index contributed by atoms with van der Waals surface area (Å²) in [5.74, 6) is -1.55. The monoisotopic (exact) mass is 136 g/mol. The molecule has 0 amide bonds. The number of allylic oxidation sites excluding steroid dienone is 1. The number of halogens is 3. The summed E-state index contributed by atoms with van der Waals surface area (Å²) in [5.41, 5.74) is 0.322. The van der Waals surface area contributed by atoms with Crippen LogP contribution in [0.1, 0.15) is 6.92 Å². The first-order valence-corrected chi connectivity index (χ1v) is 2.70. The van der Waals surface area contributed by atoms with Crippen molar-refractivity contribution in [2.24, 2.45) is 11.8 Å². The van der Waals surface area contributed by atoms with Crippen molar-refractivity contribution in [1.82, 2.24) is 0 Å². The molecule has 1 rings (SSSR count). The summed E-state index contributed by atoms with van der Waals surface area (Å²) in [6.07, 6.45) is -4.05. The Morgan fingerprint density at radius 3 is 1.78 bits per heavy atom. The largest absolute Gasteiger partial charge is 0.395 e. The van der Waals surface area contributed by atoms with Crippen LogP contribution in [0.5, 0.6) is 0 Å². The van der Waals surface area contributed by atoms with Gasteiger partial charge in [-0.15, -0.1) is 0 Å². The maximum Gasteiger partial charge on any atom is 0.395 e. The highest BCUT2D eigenvalue weighted by molar-refractivity contribution is 5.26. The van der Waals surface area contributed by atoms with Gasteiger partial charge in [-0.1, -0.05) is 19.1 Å². The van der Waals surface area contributed by atoms with Gasteiger partial charge in [-0.3, -0.25) is 0 Å². The van der Waals surface area contributed by atoms with E-state index in [2.05, 4.69) is 6.58 Å². The Balaban J connectivity index is 2.60. The third-order valence-electron chi connectivity index (χ3n) is 1.73. The van der Waals surface area contributed by atoms with Gasteiger partial charge in [0.2, 0.25) is 0 Å². The van der Waals surface area contributed by atoms with Gasteiger partial charge in [-0.05, 0) is 5.92 Å². The fourth-order valence-electron chi connectivity index (χ4n) is 0.957. The van der Waals surface area contributed by atoms with Crippen molar-refractivity contribution in [3.8, 4) is 0 Å². The molecule has 1 fully saturated rings. The van der Waals surface area contributed by atoms with Gasteiger partial charge in [-0.2, -0.15) is 13.2 Å².